The van der Waals surface area contributed by atoms with Crippen molar-refractivity contribution in [2.45, 2.75) is 91.0 Å². The molecule has 0 saturated carbocycles. The van der Waals surface area contributed by atoms with E-state index in [1.54, 1.807) is 38.1 Å². The van der Waals surface area contributed by atoms with Crippen molar-refractivity contribution in [1.29, 1.82) is 0 Å². The molecule has 1 saturated heterocycles. The van der Waals surface area contributed by atoms with E-state index in [2.05, 4.69) is 36.0 Å². The van der Waals surface area contributed by atoms with Crippen LogP contribution in [-0.2, 0) is 59.2 Å². The van der Waals surface area contributed by atoms with Crippen LogP contribution in [-0.4, -0.2) is 122 Å². The zero-order chi connectivity index (χ0) is 46.6. The summed E-state index contributed by atoms with van der Waals surface area (Å²) in [6.07, 6.45) is -1.74. The number of urea groups is 1. The number of allylic oxidation sites excluding steroid dienone is 1. The van der Waals surface area contributed by atoms with Gasteiger partial charge in [-0.15, -0.1) is 5.06 Å². The SMILES string of the molecule is CC(=O)OCc1ccc(NC(=O)[C@@H](CCCNC(N)=O)NC(=O)C(NC(=O)OCCOCCNSNC(=O)OCCCNC(=O)CCCC(=O)ON2C(=O)CCC2O)=C(C)C)cc1. The van der Waals surface area contributed by atoms with Crippen LogP contribution in [0.15, 0.2) is 35.5 Å². The molecular weight excluding hydrogens is 855 g/mol. The van der Waals surface area contributed by atoms with Gasteiger partial charge in [0.15, 0.2) is 6.23 Å². The van der Waals surface area contributed by atoms with Crippen molar-refractivity contribution < 1.29 is 72.0 Å². The third kappa shape index (κ3) is 23.6. The second-order valence-electron chi connectivity index (χ2n) is 13.7. The smallest absolute Gasteiger partial charge is 0.418 e. The first kappa shape index (κ1) is 53.0. The first-order valence-corrected chi connectivity index (χ1v) is 20.7. The Kier molecular flexibility index (Phi) is 25.2. The molecule has 0 radical (unpaired) electrons. The third-order valence-corrected chi connectivity index (χ3v) is 8.84. The zero-order valence-corrected chi connectivity index (χ0v) is 36.2. The van der Waals surface area contributed by atoms with Crippen molar-refractivity contribution in [3.05, 3.63) is 41.1 Å². The predicted octanol–water partition coefficient (Wildman–Crippen LogP) is 0.613. The number of alkyl carbamates (subject to hydrolysis) is 1. The molecule has 0 bridgehead atoms. The standard InChI is InChI=1S/C38H57N9O15S/c1-24(2)33(35(54)44-28(7-5-16-41-36(39)55)34(53)43-27-12-10-26(11-13-27)23-61-25(3)48)45-37(56)60-22-21-58-20-18-42-63-46-38(57)59-19-6-17-40-29(49)8-4-9-32(52)62-47-30(50)14-15-31(47)51/h10-13,28,30,42,50H,4-9,14-23H2,1-3H3,(H,40,49)(H,43,53)(H,44,54)(H,45,56)(H,46,57)(H3,39,41,55)/t28-,30?/m1/s1. The maximum absolute atomic E-state index is 13.3. The highest BCUT2D eigenvalue weighted by Gasteiger charge is 2.33. The van der Waals surface area contributed by atoms with Gasteiger partial charge in [-0.2, -0.15) is 0 Å². The van der Waals surface area contributed by atoms with E-state index in [4.69, 9.17) is 29.5 Å². The summed E-state index contributed by atoms with van der Waals surface area (Å²) in [5.74, 6) is -3.30. The summed E-state index contributed by atoms with van der Waals surface area (Å²) in [5.41, 5.74) is 6.49. The number of nitrogens with two attached hydrogens (primary N) is 1. The number of hydrogen-bond donors (Lipinski definition) is 9. The first-order valence-electron chi connectivity index (χ1n) is 19.9. The normalized spacial score (nSPS) is 13.4. The number of aliphatic hydroxyl groups excluding tert-OH is 1. The topological polar surface area (TPSA) is 333 Å². The Bertz CT molecular complexity index is 1750. The summed E-state index contributed by atoms with van der Waals surface area (Å²) in [6, 6.07) is 4.68. The van der Waals surface area contributed by atoms with Gasteiger partial charge >= 0.3 is 30.2 Å². The number of aliphatic hydroxyl groups is 1. The second kappa shape index (κ2) is 30.0. The van der Waals surface area contributed by atoms with Gasteiger partial charge in [-0.05, 0) is 62.8 Å². The minimum atomic E-state index is -1.16. The molecule has 2 atom stereocenters. The van der Waals surface area contributed by atoms with Gasteiger partial charge in [0, 0.05) is 70.1 Å². The third-order valence-electron chi connectivity index (χ3n) is 8.22. The number of esters is 1. The maximum Gasteiger partial charge on any atom is 0.418 e. The van der Waals surface area contributed by atoms with Crippen molar-refractivity contribution in [2.75, 3.05) is 51.4 Å². The number of carbonyl (C=O) groups is 9. The van der Waals surface area contributed by atoms with Crippen molar-refractivity contribution >= 4 is 71.6 Å². The number of benzene rings is 1. The van der Waals surface area contributed by atoms with Gasteiger partial charge in [0.05, 0.1) is 19.8 Å². The number of primary amides is 1. The molecule has 63 heavy (non-hydrogen) atoms. The number of amides is 8. The maximum atomic E-state index is 13.3. The molecule has 1 unspecified atom stereocenters. The van der Waals surface area contributed by atoms with Crippen LogP contribution in [0.2, 0.25) is 0 Å². The molecule has 24 nitrogen and oxygen atoms in total. The Morgan fingerprint density at radius 3 is 2.24 bits per heavy atom. The highest BCUT2D eigenvalue weighted by atomic mass is 32.2. The van der Waals surface area contributed by atoms with Crippen molar-refractivity contribution in [3.63, 3.8) is 0 Å². The molecule has 10 N–H and O–H groups in total. The van der Waals surface area contributed by atoms with E-state index in [0.717, 1.165) is 12.1 Å². The molecule has 1 aromatic rings. The number of hydroxylamine groups is 2. The van der Waals surface area contributed by atoms with Crippen LogP contribution in [0.5, 0.6) is 0 Å². The minimum absolute atomic E-state index is 0.00684. The summed E-state index contributed by atoms with van der Waals surface area (Å²) in [6.45, 7) is 5.20. The van der Waals surface area contributed by atoms with Crippen LogP contribution in [0, 0.1) is 0 Å². The van der Waals surface area contributed by atoms with E-state index in [1.807, 2.05) is 0 Å². The molecule has 2 rings (SSSR count). The Morgan fingerprint density at radius 2 is 1.57 bits per heavy atom. The van der Waals surface area contributed by atoms with E-state index >= 15 is 0 Å². The fourth-order valence-corrected chi connectivity index (χ4v) is 5.49. The number of ether oxygens (including phenoxy) is 4. The van der Waals surface area contributed by atoms with Crippen LogP contribution in [0.25, 0.3) is 0 Å². The average Bonchev–Trinajstić information content (AvgIpc) is 3.54. The Morgan fingerprint density at radius 1 is 0.857 bits per heavy atom. The Balaban J connectivity index is 1.59. The summed E-state index contributed by atoms with van der Waals surface area (Å²) in [7, 11) is 0. The molecule has 1 aliphatic heterocycles. The molecule has 0 aliphatic carbocycles. The fraction of sp³-hybridized carbons (Fsp3) is 0.553. The Labute approximate surface area is 368 Å². The van der Waals surface area contributed by atoms with Crippen LogP contribution in [0.3, 0.4) is 0 Å². The number of nitrogens with one attached hydrogen (secondary N) is 7. The van der Waals surface area contributed by atoms with Gasteiger partial charge in [0.1, 0.15) is 25.0 Å². The molecular formula is C38H57N9O15S. The summed E-state index contributed by atoms with van der Waals surface area (Å²) >= 11 is 0.851. The van der Waals surface area contributed by atoms with Gasteiger partial charge in [-0.3, -0.25) is 34.0 Å². The van der Waals surface area contributed by atoms with Crippen molar-refractivity contribution in [2.24, 2.45) is 5.73 Å². The molecule has 1 aromatic carbocycles. The number of rotatable bonds is 28. The van der Waals surface area contributed by atoms with Crippen LogP contribution >= 0.6 is 12.1 Å². The average molecular weight is 912 g/mol. The van der Waals surface area contributed by atoms with Gasteiger partial charge in [-0.1, -0.05) is 12.1 Å². The van der Waals surface area contributed by atoms with Crippen molar-refractivity contribution in [3.8, 4) is 0 Å². The van der Waals surface area contributed by atoms with Crippen LogP contribution in [0.4, 0.5) is 20.1 Å². The van der Waals surface area contributed by atoms with E-state index < -0.39 is 60.1 Å². The fourth-order valence-electron chi connectivity index (χ4n) is 5.09. The minimum Gasteiger partial charge on any atom is -0.461 e. The molecule has 1 aliphatic rings. The molecule has 0 spiro atoms. The molecule has 350 valence electrons. The number of hydrogen-bond acceptors (Lipinski definition) is 17. The van der Waals surface area contributed by atoms with Gasteiger partial charge < -0.3 is 55.9 Å². The molecule has 8 amide bonds. The first-order chi connectivity index (χ1) is 30.0. The molecule has 0 aromatic heterocycles. The number of anilines is 1. The second-order valence-corrected chi connectivity index (χ2v) is 14.4. The molecule has 1 heterocycles. The quantitative estimate of drug-likeness (QED) is 0.0183. The summed E-state index contributed by atoms with van der Waals surface area (Å²) in [5, 5.41) is 23.0. The van der Waals surface area contributed by atoms with Gasteiger partial charge in [-0.25, -0.2) is 23.9 Å². The lowest BCUT2D eigenvalue weighted by Crippen LogP contribution is -2.47. The monoisotopic (exact) mass is 911 g/mol. The van der Waals surface area contributed by atoms with E-state index in [9.17, 15) is 48.3 Å². The molecule has 1 fully saturated rings. The van der Waals surface area contributed by atoms with Gasteiger partial charge in [0.2, 0.25) is 11.8 Å². The molecule has 25 heteroatoms. The summed E-state index contributed by atoms with van der Waals surface area (Å²) < 4.78 is 25.7. The largest absolute Gasteiger partial charge is 0.461 e. The van der Waals surface area contributed by atoms with E-state index in [-0.39, 0.29) is 109 Å². The lowest BCUT2D eigenvalue weighted by molar-refractivity contribution is -0.220. The summed E-state index contributed by atoms with van der Waals surface area (Å²) in [4.78, 5) is 113. The lowest BCUT2D eigenvalue weighted by atomic mass is 10.1. The van der Waals surface area contributed by atoms with Gasteiger partial charge in [0.25, 0.3) is 11.8 Å². The van der Waals surface area contributed by atoms with Crippen LogP contribution < -0.4 is 41.8 Å². The number of nitrogens with zero attached hydrogens (tertiary/aromatic N) is 1. The number of carbonyl (C=O) groups excluding carboxylic acids is 9. The highest BCUT2D eigenvalue weighted by molar-refractivity contribution is 7.96. The lowest BCUT2D eigenvalue weighted by Gasteiger charge is -2.20. The van der Waals surface area contributed by atoms with E-state index in [1.165, 1.54) is 6.92 Å². The van der Waals surface area contributed by atoms with Crippen molar-refractivity contribution in [1.82, 2.24) is 35.8 Å². The highest BCUT2D eigenvalue weighted by Crippen LogP contribution is 2.17. The predicted molar refractivity (Wildman–Crippen MR) is 223 cm³/mol. The van der Waals surface area contributed by atoms with Crippen LogP contribution in [0.1, 0.15) is 77.7 Å². The Hall–Kier alpha value is -6.18. The zero-order valence-electron chi connectivity index (χ0n) is 35.4. The van der Waals surface area contributed by atoms with E-state index in [0.29, 0.717) is 28.3 Å².